The number of hydrogen-bond donors (Lipinski definition) is 0. The normalized spacial score (nSPS) is 12.1. The number of ether oxygens (including phenoxy) is 2. The fourth-order valence-electron chi connectivity index (χ4n) is 2.65. The summed E-state index contributed by atoms with van der Waals surface area (Å²) in [4.78, 5) is 0. The number of rotatable bonds is 6. The average molecular weight is 412 g/mol. The van der Waals surface area contributed by atoms with E-state index in [1.54, 1.807) is 19.1 Å². The quantitative estimate of drug-likeness (QED) is 0.457. The zero-order chi connectivity index (χ0) is 21.2. The molecular weight excluding hydrogens is 395 g/mol. The minimum atomic E-state index is -4.80. The van der Waals surface area contributed by atoms with Crippen LogP contribution in [0.2, 0.25) is 0 Å². The third-order valence-corrected chi connectivity index (χ3v) is 3.95. The van der Waals surface area contributed by atoms with Crippen molar-refractivity contribution in [2.75, 3.05) is 0 Å². The highest BCUT2D eigenvalue weighted by Gasteiger charge is 2.31. The Hall–Kier alpha value is -3.10. The number of alkyl halides is 5. The predicted octanol–water partition coefficient (Wildman–Crippen LogP) is 6.13. The van der Waals surface area contributed by atoms with Crippen LogP contribution in [-0.2, 0) is 0 Å². The van der Waals surface area contributed by atoms with Crippen LogP contribution in [0, 0.1) is 6.92 Å². The van der Waals surface area contributed by atoms with E-state index in [-0.39, 0.29) is 11.5 Å². The second-order valence-electron chi connectivity index (χ2n) is 6.25. The lowest BCUT2D eigenvalue weighted by Crippen LogP contribution is -2.23. The molecule has 0 saturated carbocycles. The summed E-state index contributed by atoms with van der Waals surface area (Å²) in [6.07, 6.45) is -8.54. The molecule has 0 amide bonds. The van der Waals surface area contributed by atoms with Crippen LogP contribution in [-0.4, -0.2) is 22.3 Å². The van der Waals surface area contributed by atoms with Gasteiger partial charge in [0.05, 0.1) is 17.1 Å². The van der Waals surface area contributed by atoms with Gasteiger partial charge in [-0.1, -0.05) is 19.1 Å². The van der Waals surface area contributed by atoms with Crippen molar-refractivity contribution in [3.05, 3.63) is 60.3 Å². The lowest BCUT2D eigenvalue weighted by molar-refractivity contribution is -0.274. The summed E-state index contributed by atoms with van der Waals surface area (Å²) in [5.41, 5.74) is 2.12. The van der Waals surface area contributed by atoms with Gasteiger partial charge in [0.1, 0.15) is 11.5 Å². The van der Waals surface area contributed by atoms with Gasteiger partial charge in [0.25, 0.3) is 0 Å². The molecule has 0 fully saturated rings. The number of halogens is 5. The summed E-state index contributed by atoms with van der Waals surface area (Å²) in [7, 11) is 0. The van der Waals surface area contributed by atoms with Gasteiger partial charge in [-0.05, 0) is 49.4 Å². The predicted molar refractivity (Wildman–Crippen MR) is 96.3 cm³/mol. The second-order valence-corrected chi connectivity index (χ2v) is 6.25. The van der Waals surface area contributed by atoms with Crippen molar-refractivity contribution in [2.45, 2.75) is 32.7 Å². The zero-order valence-electron chi connectivity index (χ0n) is 15.5. The van der Waals surface area contributed by atoms with Crippen molar-refractivity contribution in [3.63, 3.8) is 0 Å². The summed E-state index contributed by atoms with van der Waals surface area (Å²) in [5.74, 6) is -0.363. The van der Waals surface area contributed by atoms with Crippen LogP contribution < -0.4 is 9.47 Å². The smallest absolute Gasteiger partial charge is 0.433 e. The maximum atomic E-state index is 13.4. The first-order valence-electron chi connectivity index (χ1n) is 8.66. The number of nitrogens with zero attached hydrogens (tertiary/aromatic N) is 2. The molecule has 154 valence electrons. The van der Waals surface area contributed by atoms with Gasteiger partial charge in [-0.2, -0.15) is 13.9 Å². The third-order valence-electron chi connectivity index (χ3n) is 3.95. The topological polar surface area (TPSA) is 36.3 Å². The molecule has 0 spiro atoms. The number of aryl methyl sites for hydroxylation is 1. The van der Waals surface area contributed by atoms with Crippen LogP contribution in [0.4, 0.5) is 22.0 Å². The first kappa shape index (κ1) is 20.6. The zero-order valence-corrected chi connectivity index (χ0v) is 15.5. The molecule has 1 heterocycles. The van der Waals surface area contributed by atoms with Crippen LogP contribution in [0.15, 0.2) is 54.6 Å². The molecule has 0 N–H and O–H groups in total. The first-order chi connectivity index (χ1) is 13.6. The lowest BCUT2D eigenvalue weighted by Gasteiger charge is -2.16. The summed E-state index contributed by atoms with van der Waals surface area (Å²) in [5, 5.41) is 4.35. The van der Waals surface area contributed by atoms with E-state index < -0.39 is 18.9 Å². The van der Waals surface area contributed by atoms with Crippen molar-refractivity contribution < 1.29 is 31.4 Å². The average Bonchev–Trinajstić information content (AvgIpc) is 3.03. The molecule has 3 rings (SSSR count). The van der Waals surface area contributed by atoms with Gasteiger partial charge in [-0.25, -0.2) is 4.68 Å². The molecule has 0 aliphatic heterocycles. The molecular formula is C20H17F5N2O2. The Bertz CT molecular complexity index is 981. The Morgan fingerprint density at radius 2 is 1.59 bits per heavy atom. The Kier molecular flexibility index (Phi) is 5.50. The molecule has 1 aromatic heterocycles. The van der Waals surface area contributed by atoms with Crippen LogP contribution in [0.1, 0.15) is 19.0 Å². The molecule has 0 aliphatic rings. The third kappa shape index (κ3) is 5.24. The number of hydrogen-bond acceptors (Lipinski definition) is 3. The van der Waals surface area contributed by atoms with Crippen LogP contribution in [0.5, 0.6) is 11.5 Å². The minimum Gasteiger partial charge on any atom is -0.433 e. The molecule has 2 aromatic carbocycles. The fraction of sp³-hybridized carbons (Fsp3) is 0.250. The number of aromatic nitrogens is 2. The first-order valence-corrected chi connectivity index (χ1v) is 8.66. The Balaban J connectivity index is 1.93. The molecule has 0 aliphatic carbocycles. The van der Waals surface area contributed by atoms with Gasteiger partial charge in [0.2, 0.25) is 0 Å². The molecule has 0 bridgehead atoms. The molecule has 9 heteroatoms. The van der Waals surface area contributed by atoms with Gasteiger partial charge in [0.15, 0.2) is 0 Å². The highest BCUT2D eigenvalue weighted by atomic mass is 19.4. The van der Waals surface area contributed by atoms with Gasteiger partial charge >= 0.3 is 12.5 Å². The summed E-state index contributed by atoms with van der Waals surface area (Å²) < 4.78 is 74.4. The summed E-state index contributed by atoms with van der Waals surface area (Å²) in [6.45, 7) is 3.04. The van der Waals surface area contributed by atoms with Gasteiger partial charge in [-0.15, -0.1) is 13.2 Å². The minimum absolute atomic E-state index is 0.00778. The monoisotopic (exact) mass is 412 g/mol. The van der Waals surface area contributed by atoms with Crippen LogP contribution in [0.3, 0.4) is 0 Å². The standard InChI is InChI=1S/C20H17F5N2O2/c1-3-19(21,22)28-16-9-7-15(8-10-16)27-18(11-13(2)26-27)14-5-4-6-17(12-14)29-20(23,24)25/h4-12H,3H2,1-2H3. The fourth-order valence-corrected chi connectivity index (χ4v) is 2.65. The van der Waals surface area contributed by atoms with Crippen molar-refractivity contribution in [1.29, 1.82) is 0 Å². The van der Waals surface area contributed by atoms with Crippen molar-refractivity contribution in [2.24, 2.45) is 0 Å². The van der Waals surface area contributed by atoms with Crippen molar-refractivity contribution in [1.82, 2.24) is 9.78 Å². The van der Waals surface area contributed by atoms with Gasteiger partial charge < -0.3 is 9.47 Å². The van der Waals surface area contributed by atoms with Crippen LogP contribution in [0.25, 0.3) is 16.9 Å². The highest BCUT2D eigenvalue weighted by Crippen LogP contribution is 2.31. The Morgan fingerprint density at radius 3 is 2.21 bits per heavy atom. The van der Waals surface area contributed by atoms with E-state index in [2.05, 4.69) is 14.6 Å². The summed E-state index contributed by atoms with van der Waals surface area (Å²) >= 11 is 0. The molecule has 0 unspecified atom stereocenters. The number of benzene rings is 2. The second kappa shape index (κ2) is 7.73. The van der Waals surface area contributed by atoms with Crippen LogP contribution >= 0.6 is 0 Å². The van der Waals surface area contributed by atoms with E-state index >= 15 is 0 Å². The van der Waals surface area contributed by atoms with E-state index in [9.17, 15) is 22.0 Å². The Morgan fingerprint density at radius 1 is 0.897 bits per heavy atom. The molecule has 29 heavy (non-hydrogen) atoms. The SMILES string of the molecule is CCC(F)(F)Oc1ccc(-n2nc(C)cc2-c2cccc(OC(F)(F)F)c2)cc1. The Labute approximate surface area is 163 Å². The highest BCUT2D eigenvalue weighted by molar-refractivity contribution is 5.64. The largest absolute Gasteiger partial charge is 0.573 e. The van der Waals surface area contributed by atoms with Gasteiger partial charge in [-0.3, -0.25) is 0 Å². The lowest BCUT2D eigenvalue weighted by atomic mass is 10.1. The maximum absolute atomic E-state index is 13.4. The molecule has 4 nitrogen and oxygen atoms in total. The van der Waals surface area contributed by atoms with E-state index in [1.807, 2.05) is 0 Å². The van der Waals surface area contributed by atoms with Crippen molar-refractivity contribution in [3.8, 4) is 28.4 Å². The maximum Gasteiger partial charge on any atom is 0.573 e. The van der Waals surface area contributed by atoms with E-state index in [4.69, 9.17) is 0 Å². The molecule has 0 radical (unpaired) electrons. The summed E-state index contributed by atoms with van der Waals surface area (Å²) in [6, 6.07) is 13.0. The van der Waals surface area contributed by atoms with Gasteiger partial charge in [0, 0.05) is 12.0 Å². The molecule has 3 aromatic rings. The van der Waals surface area contributed by atoms with E-state index in [0.717, 1.165) is 0 Å². The van der Waals surface area contributed by atoms with Crippen molar-refractivity contribution >= 4 is 0 Å². The van der Waals surface area contributed by atoms with E-state index in [1.165, 1.54) is 54.1 Å². The molecule has 0 atom stereocenters. The molecule has 0 saturated heterocycles. The van der Waals surface area contributed by atoms with E-state index in [0.29, 0.717) is 22.6 Å².